The molecule has 0 radical (unpaired) electrons. The highest BCUT2D eigenvalue weighted by Crippen LogP contribution is 2.34. The van der Waals surface area contributed by atoms with Gasteiger partial charge in [0.05, 0.1) is 12.6 Å². The van der Waals surface area contributed by atoms with E-state index in [9.17, 15) is 0 Å². The first kappa shape index (κ1) is 16.6. The number of nitrogens with zero attached hydrogens (tertiary/aromatic N) is 1. The Morgan fingerprint density at radius 2 is 1.88 bits per heavy atom. The lowest BCUT2D eigenvalue weighted by Crippen LogP contribution is -2.17. The molecule has 0 aliphatic carbocycles. The molecule has 2 aromatic rings. The van der Waals surface area contributed by atoms with E-state index in [2.05, 4.69) is 51.1 Å². The molecule has 126 valence electrons. The van der Waals surface area contributed by atoms with Crippen molar-refractivity contribution in [1.29, 1.82) is 0 Å². The molecular formula is C21H25NO2. The Labute approximate surface area is 144 Å². The zero-order valence-electron chi connectivity index (χ0n) is 14.9. The van der Waals surface area contributed by atoms with E-state index in [4.69, 9.17) is 14.5 Å². The van der Waals surface area contributed by atoms with E-state index >= 15 is 0 Å². The van der Waals surface area contributed by atoms with Crippen molar-refractivity contribution in [3.8, 4) is 5.75 Å². The quantitative estimate of drug-likeness (QED) is 0.805. The predicted octanol–water partition coefficient (Wildman–Crippen LogP) is 4.60. The number of ether oxygens (including phenoxy) is 2. The summed E-state index contributed by atoms with van der Waals surface area (Å²) in [4.78, 5) is 4.76. The number of aliphatic imine (C=N–C) groups is 1. The molecule has 3 heteroatoms. The van der Waals surface area contributed by atoms with Crippen LogP contribution in [0.25, 0.3) is 0 Å². The van der Waals surface area contributed by atoms with Crippen molar-refractivity contribution in [3.63, 3.8) is 0 Å². The fourth-order valence-electron chi connectivity index (χ4n) is 3.21. The normalized spacial score (nSPS) is 17.1. The Morgan fingerprint density at radius 3 is 2.50 bits per heavy atom. The molecule has 3 nitrogen and oxygen atoms in total. The van der Waals surface area contributed by atoms with Crippen LogP contribution in [0.5, 0.6) is 5.75 Å². The van der Waals surface area contributed by atoms with Gasteiger partial charge in [-0.15, -0.1) is 0 Å². The average Bonchev–Trinajstić information content (AvgIpc) is 2.94. The fourth-order valence-corrected chi connectivity index (χ4v) is 3.21. The van der Waals surface area contributed by atoms with Crippen molar-refractivity contribution >= 4 is 5.90 Å². The monoisotopic (exact) mass is 323 g/mol. The fraction of sp³-hybridized carbons (Fsp3) is 0.381. The van der Waals surface area contributed by atoms with Gasteiger partial charge in [0.15, 0.2) is 0 Å². The summed E-state index contributed by atoms with van der Waals surface area (Å²) in [5, 5.41) is 0. The number of rotatable bonds is 5. The van der Waals surface area contributed by atoms with E-state index in [1.807, 2.05) is 18.2 Å². The van der Waals surface area contributed by atoms with Crippen molar-refractivity contribution < 1.29 is 9.47 Å². The molecule has 0 spiro atoms. The van der Waals surface area contributed by atoms with Crippen LogP contribution in [-0.2, 0) is 11.2 Å². The number of hydrogen-bond donors (Lipinski definition) is 0. The maximum Gasteiger partial charge on any atom is 0.217 e. The Hall–Kier alpha value is -2.29. The molecule has 0 saturated carbocycles. The van der Waals surface area contributed by atoms with Gasteiger partial charge in [0.2, 0.25) is 5.90 Å². The van der Waals surface area contributed by atoms with Crippen molar-refractivity contribution in [1.82, 2.24) is 0 Å². The van der Waals surface area contributed by atoms with E-state index in [-0.39, 0.29) is 5.54 Å². The van der Waals surface area contributed by atoms with Gasteiger partial charge in [-0.1, -0.05) is 43.3 Å². The van der Waals surface area contributed by atoms with Gasteiger partial charge in [-0.05, 0) is 43.9 Å². The van der Waals surface area contributed by atoms with E-state index in [1.165, 1.54) is 11.1 Å². The van der Waals surface area contributed by atoms with Crippen LogP contribution >= 0.6 is 0 Å². The lowest BCUT2D eigenvalue weighted by atomic mass is 9.89. The van der Waals surface area contributed by atoms with E-state index < -0.39 is 0 Å². The van der Waals surface area contributed by atoms with Crippen LogP contribution in [0.1, 0.15) is 43.4 Å². The summed E-state index contributed by atoms with van der Waals surface area (Å²) in [6, 6.07) is 16.6. The molecule has 1 aliphatic rings. The molecule has 1 aliphatic heterocycles. The molecule has 0 bridgehead atoms. The molecule has 0 fully saturated rings. The molecular weight excluding hydrogens is 298 g/mol. The maximum absolute atomic E-state index is 5.89. The predicted molar refractivity (Wildman–Crippen MR) is 98.1 cm³/mol. The summed E-state index contributed by atoms with van der Waals surface area (Å²) in [6.45, 7) is 7.03. The minimum Gasteiger partial charge on any atom is -0.496 e. The van der Waals surface area contributed by atoms with Crippen molar-refractivity contribution in [2.45, 2.75) is 38.6 Å². The summed E-state index contributed by atoms with van der Waals surface area (Å²) in [6.07, 6.45) is 0.949. The Balaban J connectivity index is 1.99. The van der Waals surface area contributed by atoms with Crippen LogP contribution in [0.15, 0.2) is 53.5 Å². The zero-order valence-corrected chi connectivity index (χ0v) is 14.9. The van der Waals surface area contributed by atoms with Gasteiger partial charge in [0, 0.05) is 11.1 Å². The smallest absolute Gasteiger partial charge is 0.217 e. The van der Waals surface area contributed by atoms with Gasteiger partial charge < -0.3 is 9.47 Å². The van der Waals surface area contributed by atoms with Crippen molar-refractivity contribution in [2.24, 2.45) is 4.99 Å². The summed E-state index contributed by atoms with van der Waals surface area (Å²) in [7, 11) is 1.72. The topological polar surface area (TPSA) is 30.8 Å². The maximum atomic E-state index is 5.89. The van der Waals surface area contributed by atoms with Gasteiger partial charge >= 0.3 is 0 Å². The first-order valence-corrected chi connectivity index (χ1v) is 8.44. The van der Waals surface area contributed by atoms with Gasteiger partial charge in [0.1, 0.15) is 12.4 Å². The van der Waals surface area contributed by atoms with Crippen molar-refractivity contribution in [2.75, 3.05) is 13.7 Å². The first-order chi connectivity index (χ1) is 11.5. The third kappa shape index (κ3) is 3.45. The molecule has 0 amide bonds. The lowest BCUT2D eigenvalue weighted by Gasteiger charge is -2.19. The van der Waals surface area contributed by atoms with Crippen LogP contribution in [0.2, 0.25) is 0 Å². The highest BCUT2D eigenvalue weighted by atomic mass is 16.5. The second-order valence-electron chi connectivity index (χ2n) is 7.03. The van der Waals surface area contributed by atoms with E-state index in [0.717, 1.165) is 23.6 Å². The lowest BCUT2D eigenvalue weighted by molar-refractivity contribution is 0.279. The SMILES string of the molecule is COc1cccc(C2=NC(C)(C)CO2)c1C(C)Cc1ccccc1. The molecule has 1 unspecified atom stereocenters. The second kappa shape index (κ2) is 6.68. The Morgan fingerprint density at radius 1 is 1.12 bits per heavy atom. The van der Waals surface area contributed by atoms with E-state index in [0.29, 0.717) is 12.5 Å². The number of methoxy groups -OCH3 is 1. The van der Waals surface area contributed by atoms with Crippen LogP contribution < -0.4 is 4.74 Å². The highest BCUT2D eigenvalue weighted by Gasteiger charge is 2.30. The molecule has 2 aromatic carbocycles. The van der Waals surface area contributed by atoms with Crippen molar-refractivity contribution in [3.05, 3.63) is 65.2 Å². The molecule has 24 heavy (non-hydrogen) atoms. The first-order valence-electron chi connectivity index (χ1n) is 8.44. The minimum atomic E-state index is -0.168. The summed E-state index contributed by atoms with van der Waals surface area (Å²) in [5.41, 5.74) is 3.36. The molecule has 0 aromatic heterocycles. The number of benzene rings is 2. The molecule has 3 rings (SSSR count). The Bertz CT molecular complexity index is 735. The molecule has 0 N–H and O–H groups in total. The Kier molecular flexibility index (Phi) is 4.61. The number of hydrogen-bond acceptors (Lipinski definition) is 3. The molecule has 0 saturated heterocycles. The third-order valence-corrected chi connectivity index (χ3v) is 4.36. The van der Waals surface area contributed by atoms with Crippen LogP contribution in [0.4, 0.5) is 0 Å². The van der Waals surface area contributed by atoms with E-state index in [1.54, 1.807) is 7.11 Å². The standard InChI is InChI=1S/C21H25NO2/c1-15(13-16-9-6-5-7-10-16)19-17(11-8-12-18(19)23-4)20-22-21(2,3)14-24-20/h5-12,15H,13-14H2,1-4H3. The summed E-state index contributed by atoms with van der Waals surface area (Å²) >= 11 is 0. The largest absolute Gasteiger partial charge is 0.496 e. The van der Waals surface area contributed by atoms with Crippen LogP contribution in [-0.4, -0.2) is 25.2 Å². The molecule has 1 atom stereocenters. The summed E-state index contributed by atoms with van der Waals surface area (Å²) in [5.74, 6) is 1.93. The van der Waals surface area contributed by atoms with Gasteiger partial charge in [-0.2, -0.15) is 0 Å². The van der Waals surface area contributed by atoms with Gasteiger partial charge in [-0.3, -0.25) is 0 Å². The average molecular weight is 323 g/mol. The summed E-state index contributed by atoms with van der Waals surface area (Å²) < 4.78 is 11.5. The third-order valence-electron chi connectivity index (χ3n) is 4.36. The zero-order chi connectivity index (χ0) is 17.2. The second-order valence-corrected chi connectivity index (χ2v) is 7.03. The van der Waals surface area contributed by atoms with Crippen LogP contribution in [0.3, 0.4) is 0 Å². The van der Waals surface area contributed by atoms with Crippen LogP contribution in [0, 0.1) is 0 Å². The van der Waals surface area contributed by atoms with Gasteiger partial charge in [0.25, 0.3) is 0 Å². The highest BCUT2D eigenvalue weighted by molar-refractivity contribution is 5.97. The molecule has 1 heterocycles. The van der Waals surface area contributed by atoms with Gasteiger partial charge in [-0.25, -0.2) is 4.99 Å². The minimum absolute atomic E-state index is 0.168.